The van der Waals surface area contributed by atoms with Crippen LogP contribution in [0.2, 0.25) is 0 Å². The zero-order valence-corrected chi connectivity index (χ0v) is 24.7. The van der Waals surface area contributed by atoms with Crippen molar-refractivity contribution in [1.29, 1.82) is 0 Å². The Labute approximate surface area is 246 Å². The maximum atomic E-state index is 12.0. The van der Waals surface area contributed by atoms with Crippen LogP contribution in [0.1, 0.15) is 16.7 Å². The number of amides is 1. The molecule has 1 amide bonds. The molecule has 0 spiro atoms. The lowest BCUT2D eigenvalue weighted by atomic mass is 10.2. The molecule has 42 heavy (non-hydrogen) atoms. The molecule has 0 aliphatic heterocycles. The Morgan fingerprint density at radius 2 is 1.81 bits per heavy atom. The third-order valence-corrected chi connectivity index (χ3v) is 7.46. The largest absolute Gasteiger partial charge is 0.457 e. The zero-order chi connectivity index (χ0) is 30.3. The number of carbonyl (C=O) groups excluding carboxylic acids is 1. The predicted molar refractivity (Wildman–Crippen MR) is 164 cm³/mol. The quantitative estimate of drug-likeness (QED) is 0.223. The van der Waals surface area contributed by atoms with Crippen molar-refractivity contribution in [1.82, 2.24) is 19.9 Å². The van der Waals surface area contributed by atoms with Crippen molar-refractivity contribution >= 4 is 39.2 Å². The molecular weight excluding hydrogens is 554 g/mol. The predicted octanol–water partition coefficient (Wildman–Crippen LogP) is 4.87. The number of ether oxygens (including phenoxy) is 1. The first-order chi connectivity index (χ1) is 20.0. The van der Waals surface area contributed by atoms with Crippen molar-refractivity contribution in [3.63, 3.8) is 0 Å². The van der Waals surface area contributed by atoms with E-state index >= 15 is 0 Å². The summed E-state index contributed by atoms with van der Waals surface area (Å²) in [6.45, 7) is 6.16. The monoisotopic (exact) mass is 587 g/mol. The van der Waals surface area contributed by atoms with Gasteiger partial charge >= 0.3 is 0 Å². The van der Waals surface area contributed by atoms with E-state index in [0.29, 0.717) is 47.7 Å². The molecule has 0 unspecified atom stereocenters. The fourth-order valence-corrected chi connectivity index (χ4v) is 4.43. The highest BCUT2D eigenvalue weighted by atomic mass is 32.2. The van der Waals surface area contributed by atoms with Gasteiger partial charge in [-0.15, -0.1) is 0 Å². The number of nitrogens with zero attached hydrogens (tertiary/aromatic N) is 5. The van der Waals surface area contributed by atoms with Gasteiger partial charge in [0.05, 0.1) is 6.26 Å². The fraction of sp³-hybridized carbons (Fsp3) is 0.200. The third kappa shape index (κ3) is 7.82. The molecule has 0 atom stereocenters. The van der Waals surface area contributed by atoms with Crippen LogP contribution in [0.3, 0.4) is 0 Å². The van der Waals surface area contributed by atoms with Crippen LogP contribution < -0.4 is 19.7 Å². The first-order valence-corrected chi connectivity index (χ1v) is 14.8. The average molecular weight is 588 g/mol. The number of rotatable bonds is 12. The molecule has 11 nitrogen and oxygen atoms in total. The van der Waals surface area contributed by atoms with Gasteiger partial charge in [0.2, 0.25) is 21.9 Å². The minimum atomic E-state index is -3.46. The van der Waals surface area contributed by atoms with E-state index in [1.165, 1.54) is 13.1 Å². The van der Waals surface area contributed by atoms with Gasteiger partial charge in [0.15, 0.2) is 0 Å². The van der Waals surface area contributed by atoms with E-state index in [9.17, 15) is 13.2 Å². The Morgan fingerprint density at radius 3 is 2.52 bits per heavy atom. The fourth-order valence-electron chi connectivity index (χ4n) is 3.96. The third-order valence-electron chi connectivity index (χ3n) is 6.30. The van der Waals surface area contributed by atoms with E-state index in [1.807, 2.05) is 61.5 Å². The van der Waals surface area contributed by atoms with Crippen LogP contribution in [-0.4, -0.2) is 54.5 Å². The number of anilines is 4. The second-order valence-electron chi connectivity index (χ2n) is 9.59. The lowest BCUT2D eigenvalue weighted by Gasteiger charge is -2.19. The van der Waals surface area contributed by atoms with Crippen LogP contribution in [0.5, 0.6) is 11.5 Å². The molecule has 2 aromatic carbocycles. The lowest BCUT2D eigenvalue weighted by Crippen LogP contribution is -2.27. The molecule has 0 radical (unpaired) electrons. The molecule has 4 rings (SSSR count). The van der Waals surface area contributed by atoms with Crippen LogP contribution >= 0.6 is 0 Å². The van der Waals surface area contributed by atoms with Gasteiger partial charge < -0.3 is 20.3 Å². The number of hydrogen-bond acceptors (Lipinski definition) is 9. The summed E-state index contributed by atoms with van der Waals surface area (Å²) >= 11 is 0. The van der Waals surface area contributed by atoms with Crippen molar-refractivity contribution < 1.29 is 17.9 Å². The van der Waals surface area contributed by atoms with Crippen molar-refractivity contribution in [2.24, 2.45) is 0 Å². The normalized spacial score (nSPS) is 11.0. The van der Waals surface area contributed by atoms with Crippen LogP contribution in [0.25, 0.3) is 0 Å². The van der Waals surface area contributed by atoms with E-state index in [1.54, 1.807) is 30.4 Å². The van der Waals surface area contributed by atoms with Crippen molar-refractivity contribution in [2.45, 2.75) is 20.0 Å². The van der Waals surface area contributed by atoms with E-state index in [4.69, 9.17) is 4.74 Å². The maximum Gasteiger partial charge on any atom is 0.245 e. The summed E-state index contributed by atoms with van der Waals surface area (Å²) in [6.07, 6.45) is 5.68. The Kier molecular flexibility index (Phi) is 9.38. The lowest BCUT2D eigenvalue weighted by molar-refractivity contribution is -0.125. The van der Waals surface area contributed by atoms with Crippen molar-refractivity contribution in [3.05, 3.63) is 102 Å². The van der Waals surface area contributed by atoms with Crippen molar-refractivity contribution in [3.8, 4) is 11.5 Å². The topological polar surface area (TPSA) is 130 Å². The van der Waals surface area contributed by atoms with Gasteiger partial charge in [-0.2, -0.15) is 4.98 Å². The molecule has 0 saturated carbocycles. The van der Waals surface area contributed by atoms with Crippen molar-refractivity contribution in [2.75, 3.05) is 35.3 Å². The van der Waals surface area contributed by atoms with E-state index in [-0.39, 0.29) is 5.91 Å². The Hall–Kier alpha value is -4.97. The number of likely N-dealkylation sites (N-methyl/N-ethyl adjacent to an activating group) is 1. The van der Waals surface area contributed by atoms with Gasteiger partial charge in [0.1, 0.15) is 23.1 Å². The number of pyridine rings is 1. The standard InChI is InChI=1S/C30H33N7O4S/c1-6-27(38)36(3)20-22-9-7-11-26(17-22)41-25-14-12-24(13-15-25)34-30-33-18-21(2)28(35-30)32-19-23-10-8-16-31-29(23)37(4)42(5,39)40/h6-18H,1,19-20H2,2-5H3,(H2,32,33,34,35). The summed E-state index contributed by atoms with van der Waals surface area (Å²) in [7, 11) is -0.267. The SMILES string of the molecule is C=CC(=O)N(C)Cc1cccc(Oc2ccc(Nc3ncc(C)c(NCc4cccnc4N(C)S(C)(=O)=O)n3)cc2)c1. The second-order valence-corrected chi connectivity index (χ2v) is 11.6. The van der Waals surface area contributed by atoms with Gasteiger partial charge in [-0.05, 0) is 61.0 Å². The highest BCUT2D eigenvalue weighted by molar-refractivity contribution is 7.92. The number of carbonyl (C=O) groups is 1. The molecule has 0 aliphatic carbocycles. The number of aryl methyl sites for hydroxylation is 1. The van der Waals surface area contributed by atoms with Crippen LogP contribution in [0.4, 0.5) is 23.3 Å². The molecule has 2 heterocycles. The first-order valence-electron chi connectivity index (χ1n) is 13.0. The second kappa shape index (κ2) is 13.1. The summed E-state index contributed by atoms with van der Waals surface area (Å²) in [5.41, 5.74) is 3.23. The van der Waals surface area contributed by atoms with Crippen LogP contribution in [0, 0.1) is 6.92 Å². The van der Waals surface area contributed by atoms with E-state index in [2.05, 4.69) is 32.2 Å². The highest BCUT2D eigenvalue weighted by Gasteiger charge is 2.17. The van der Waals surface area contributed by atoms with Crippen LogP contribution in [0.15, 0.2) is 85.7 Å². The minimum absolute atomic E-state index is 0.148. The first kappa shape index (κ1) is 30.0. The summed E-state index contributed by atoms with van der Waals surface area (Å²) in [5, 5.41) is 6.46. The molecule has 0 fully saturated rings. The highest BCUT2D eigenvalue weighted by Crippen LogP contribution is 2.26. The Balaban J connectivity index is 1.40. The smallest absolute Gasteiger partial charge is 0.245 e. The summed E-state index contributed by atoms with van der Waals surface area (Å²) < 4.78 is 31.2. The van der Waals surface area contributed by atoms with Gasteiger partial charge in [-0.1, -0.05) is 24.8 Å². The molecule has 0 bridgehead atoms. The number of sulfonamides is 1. The van der Waals surface area contributed by atoms with Crippen LogP contribution in [-0.2, 0) is 27.9 Å². The molecule has 218 valence electrons. The minimum Gasteiger partial charge on any atom is -0.457 e. The Morgan fingerprint density at radius 1 is 1.05 bits per heavy atom. The number of aromatic nitrogens is 3. The molecule has 4 aromatic rings. The molecule has 12 heteroatoms. The maximum absolute atomic E-state index is 12.0. The van der Waals surface area contributed by atoms with Gasteiger partial charge in [-0.3, -0.25) is 9.10 Å². The summed E-state index contributed by atoms with van der Waals surface area (Å²) in [4.78, 5) is 26.6. The van der Waals surface area contributed by atoms with E-state index in [0.717, 1.165) is 27.4 Å². The summed E-state index contributed by atoms with van der Waals surface area (Å²) in [6, 6.07) is 18.5. The molecule has 2 N–H and O–H groups in total. The molecule has 2 aromatic heterocycles. The van der Waals surface area contributed by atoms with Gasteiger partial charge in [-0.25, -0.2) is 18.4 Å². The Bertz CT molecular complexity index is 1680. The van der Waals surface area contributed by atoms with Gasteiger partial charge in [0, 0.05) is 56.4 Å². The average Bonchev–Trinajstić information content (AvgIpc) is 2.97. The zero-order valence-electron chi connectivity index (χ0n) is 23.9. The number of hydrogen-bond donors (Lipinski definition) is 2. The molecule has 0 aliphatic rings. The van der Waals surface area contributed by atoms with Gasteiger partial charge in [0.25, 0.3) is 0 Å². The van der Waals surface area contributed by atoms with E-state index < -0.39 is 10.0 Å². The number of benzene rings is 2. The molecule has 0 saturated heterocycles. The number of nitrogens with one attached hydrogen (secondary N) is 2. The molecular formula is C30H33N7O4S. The summed E-state index contributed by atoms with van der Waals surface area (Å²) in [5.74, 6) is 2.50.